The molecule has 1 atom stereocenters. The van der Waals surface area contributed by atoms with E-state index in [1.165, 1.54) is 0 Å². The van der Waals surface area contributed by atoms with E-state index in [2.05, 4.69) is 27.1 Å². The monoisotopic (exact) mass is 263 g/mol. The lowest BCUT2D eigenvalue weighted by Crippen LogP contribution is -1.94. The van der Waals surface area contributed by atoms with Crippen LogP contribution in [-0.2, 0) is 7.05 Å². The molecule has 15 heavy (non-hydrogen) atoms. The zero-order chi connectivity index (χ0) is 11.0. The number of aryl methyl sites for hydroxylation is 1. The zero-order valence-electron chi connectivity index (χ0n) is 8.53. The molecule has 0 radical (unpaired) electrons. The van der Waals surface area contributed by atoms with E-state index >= 15 is 0 Å². The molecule has 2 aromatic rings. The van der Waals surface area contributed by atoms with Gasteiger partial charge in [0.15, 0.2) is 0 Å². The standard InChI is InChI=1S/C11H10BrN3/c1-7(6-13)11-9-4-3-8(12)5-10(9)15(2)14-11/h3-5,7H,1-2H3. The summed E-state index contributed by atoms with van der Waals surface area (Å²) in [5.74, 6) is -0.171. The Morgan fingerprint density at radius 1 is 1.53 bits per heavy atom. The number of benzene rings is 1. The molecule has 0 saturated heterocycles. The summed E-state index contributed by atoms with van der Waals surface area (Å²) in [6.07, 6.45) is 0. The van der Waals surface area contributed by atoms with Gasteiger partial charge < -0.3 is 0 Å². The fourth-order valence-electron chi connectivity index (χ4n) is 1.64. The van der Waals surface area contributed by atoms with Crippen LogP contribution in [0.3, 0.4) is 0 Å². The highest BCUT2D eigenvalue weighted by Crippen LogP contribution is 2.26. The lowest BCUT2D eigenvalue weighted by Gasteiger charge is -1.97. The zero-order valence-corrected chi connectivity index (χ0v) is 10.1. The second kappa shape index (κ2) is 3.67. The first kappa shape index (κ1) is 10.2. The second-order valence-corrected chi connectivity index (χ2v) is 4.44. The first-order valence-electron chi connectivity index (χ1n) is 4.65. The van der Waals surface area contributed by atoms with Crippen LogP contribution >= 0.6 is 15.9 Å². The molecule has 3 nitrogen and oxygen atoms in total. The lowest BCUT2D eigenvalue weighted by atomic mass is 10.1. The molecule has 1 aromatic heterocycles. The average molecular weight is 264 g/mol. The van der Waals surface area contributed by atoms with Gasteiger partial charge in [0.2, 0.25) is 0 Å². The summed E-state index contributed by atoms with van der Waals surface area (Å²) >= 11 is 3.42. The third-order valence-electron chi connectivity index (χ3n) is 2.45. The molecule has 0 spiro atoms. The number of aromatic nitrogens is 2. The van der Waals surface area contributed by atoms with Gasteiger partial charge in [-0.25, -0.2) is 0 Å². The normalized spacial score (nSPS) is 12.7. The molecule has 2 rings (SSSR count). The maximum atomic E-state index is 8.90. The van der Waals surface area contributed by atoms with Crippen molar-refractivity contribution in [3.63, 3.8) is 0 Å². The van der Waals surface area contributed by atoms with Gasteiger partial charge >= 0.3 is 0 Å². The van der Waals surface area contributed by atoms with Gasteiger partial charge in [0, 0.05) is 16.9 Å². The van der Waals surface area contributed by atoms with Gasteiger partial charge in [0.25, 0.3) is 0 Å². The molecule has 0 N–H and O–H groups in total. The lowest BCUT2D eigenvalue weighted by molar-refractivity contribution is 0.754. The first-order valence-corrected chi connectivity index (χ1v) is 5.44. The molecule has 1 aromatic carbocycles. The Bertz CT molecular complexity index is 551. The van der Waals surface area contributed by atoms with Gasteiger partial charge in [-0.2, -0.15) is 10.4 Å². The Balaban J connectivity index is 2.74. The van der Waals surface area contributed by atoms with Crippen molar-refractivity contribution in [2.75, 3.05) is 0 Å². The van der Waals surface area contributed by atoms with Crippen LogP contribution in [0.5, 0.6) is 0 Å². The maximum Gasteiger partial charge on any atom is 0.0881 e. The van der Waals surface area contributed by atoms with Crippen LogP contribution in [0, 0.1) is 11.3 Å². The largest absolute Gasteiger partial charge is 0.268 e. The fourth-order valence-corrected chi connectivity index (χ4v) is 1.99. The van der Waals surface area contributed by atoms with Crippen molar-refractivity contribution in [1.82, 2.24) is 9.78 Å². The molecule has 1 heterocycles. The van der Waals surface area contributed by atoms with E-state index in [4.69, 9.17) is 5.26 Å². The summed E-state index contributed by atoms with van der Waals surface area (Å²) in [4.78, 5) is 0. The smallest absolute Gasteiger partial charge is 0.0881 e. The maximum absolute atomic E-state index is 8.90. The van der Waals surface area contributed by atoms with E-state index in [0.29, 0.717) is 0 Å². The van der Waals surface area contributed by atoms with Crippen LogP contribution in [0.15, 0.2) is 22.7 Å². The fraction of sp³-hybridized carbons (Fsp3) is 0.273. The van der Waals surface area contributed by atoms with E-state index in [1.54, 1.807) is 0 Å². The van der Waals surface area contributed by atoms with E-state index in [-0.39, 0.29) is 5.92 Å². The first-order chi connectivity index (χ1) is 7.13. The molecule has 1 unspecified atom stereocenters. The highest BCUT2D eigenvalue weighted by molar-refractivity contribution is 9.10. The quantitative estimate of drug-likeness (QED) is 0.794. The van der Waals surface area contributed by atoms with Crippen LogP contribution in [-0.4, -0.2) is 9.78 Å². The predicted octanol–water partition coefficient (Wildman–Crippen LogP) is 2.96. The highest BCUT2D eigenvalue weighted by atomic mass is 79.9. The Labute approximate surface area is 96.4 Å². The van der Waals surface area contributed by atoms with Crippen LogP contribution in [0.4, 0.5) is 0 Å². The Morgan fingerprint density at radius 3 is 2.93 bits per heavy atom. The Hall–Kier alpha value is -1.34. The predicted molar refractivity (Wildman–Crippen MR) is 62.4 cm³/mol. The Kier molecular flexibility index (Phi) is 2.49. The summed E-state index contributed by atoms with van der Waals surface area (Å²) in [6, 6.07) is 8.19. The average Bonchev–Trinajstić information content (AvgIpc) is 2.55. The van der Waals surface area contributed by atoms with Crippen LogP contribution in [0.25, 0.3) is 10.9 Å². The summed E-state index contributed by atoms with van der Waals surface area (Å²) in [6.45, 7) is 1.86. The van der Waals surface area contributed by atoms with Crippen molar-refractivity contribution in [2.45, 2.75) is 12.8 Å². The second-order valence-electron chi connectivity index (χ2n) is 3.52. The van der Waals surface area contributed by atoms with Crippen LogP contribution < -0.4 is 0 Å². The molecule has 0 aliphatic rings. The number of nitrogens with zero attached hydrogens (tertiary/aromatic N) is 3. The van der Waals surface area contributed by atoms with Crippen molar-refractivity contribution in [2.24, 2.45) is 7.05 Å². The molecule has 76 valence electrons. The van der Waals surface area contributed by atoms with E-state index in [1.807, 2.05) is 36.9 Å². The van der Waals surface area contributed by atoms with E-state index < -0.39 is 0 Å². The van der Waals surface area contributed by atoms with Crippen LogP contribution in [0.1, 0.15) is 18.5 Å². The SMILES string of the molecule is CC(C#N)c1nn(C)c2cc(Br)ccc12. The summed E-state index contributed by atoms with van der Waals surface area (Å²) in [5.41, 5.74) is 1.89. The van der Waals surface area contributed by atoms with Gasteiger partial charge in [-0.3, -0.25) is 4.68 Å². The van der Waals surface area contributed by atoms with Crippen molar-refractivity contribution >= 4 is 26.8 Å². The number of fused-ring (bicyclic) bond motifs is 1. The number of hydrogen-bond acceptors (Lipinski definition) is 2. The van der Waals surface area contributed by atoms with E-state index in [9.17, 15) is 0 Å². The third-order valence-corrected chi connectivity index (χ3v) is 2.94. The van der Waals surface area contributed by atoms with Gasteiger partial charge in [-0.15, -0.1) is 0 Å². The van der Waals surface area contributed by atoms with E-state index in [0.717, 1.165) is 21.1 Å². The Morgan fingerprint density at radius 2 is 2.27 bits per heavy atom. The molecule has 0 aliphatic heterocycles. The third kappa shape index (κ3) is 1.64. The molecule has 0 aliphatic carbocycles. The minimum Gasteiger partial charge on any atom is -0.268 e. The minimum atomic E-state index is -0.171. The van der Waals surface area contributed by atoms with Crippen molar-refractivity contribution in [3.05, 3.63) is 28.4 Å². The molecular weight excluding hydrogens is 254 g/mol. The summed E-state index contributed by atoms with van der Waals surface area (Å²) < 4.78 is 2.83. The summed E-state index contributed by atoms with van der Waals surface area (Å²) in [5, 5.41) is 14.3. The summed E-state index contributed by atoms with van der Waals surface area (Å²) in [7, 11) is 1.89. The molecule has 0 fully saturated rings. The molecular formula is C11H10BrN3. The molecule has 4 heteroatoms. The molecule has 0 saturated carbocycles. The van der Waals surface area contributed by atoms with Crippen molar-refractivity contribution < 1.29 is 0 Å². The minimum absolute atomic E-state index is 0.171. The van der Waals surface area contributed by atoms with Gasteiger partial charge in [0.1, 0.15) is 0 Å². The number of rotatable bonds is 1. The molecule has 0 bridgehead atoms. The molecule has 0 amide bonds. The number of hydrogen-bond donors (Lipinski definition) is 0. The van der Waals surface area contributed by atoms with Crippen LogP contribution in [0.2, 0.25) is 0 Å². The van der Waals surface area contributed by atoms with Crippen molar-refractivity contribution in [3.8, 4) is 6.07 Å². The van der Waals surface area contributed by atoms with Gasteiger partial charge in [-0.1, -0.05) is 15.9 Å². The van der Waals surface area contributed by atoms with Crippen molar-refractivity contribution in [1.29, 1.82) is 5.26 Å². The highest BCUT2D eigenvalue weighted by Gasteiger charge is 2.14. The van der Waals surface area contributed by atoms with Gasteiger partial charge in [0.05, 0.1) is 23.2 Å². The number of nitriles is 1. The number of halogens is 1. The van der Waals surface area contributed by atoms with Gasteiger partial charge in [-0.05, 0) is 25.1 Å². The topological polar surface area (TPSA) is 41.6 Å².